The molecule has 0 saturated carbocycles. The zero-order valence-corrected chi connectivity index (χ0v) is 12.2. The van der Waals surface area contributed by atoms with Gasteiger partial charge in [0.2, 0.25) is 0 Å². The molecule has 0 bridgehead atoms. The summed E-state index contributed by atoms with van der Waals surface area (Å²) in [6.45, 7) is 8.10. The summed E-state index contributed by atoms with van der Waals surface area (Å²) in [4.78, 5) is 13.9. The molecule has 0 saturated heterocycles. The minimum Gasteiger partial charge on any atom is -0.301 e. The van der Waals surface area contributed by atoms with Crippen molar-refractivity contribution in [3.05, 3.63) is 42.0 Å². The highest BCUT2D eigenvalue weighted by molar-refractivity contribution is 5.68. The molecule has 1 N–H and O–H groups in total. The normalized spacial score (nSPS) is 10.8. The quantitative estimate of drug-likeness (QED) is 0.643. The van der Waals surface area contributed by atoms with Crippen molar-refractivity contribution in [2.75, 3.05) is 0 Å². The van der Waals surface area contributed by atoms with Crippen molar-refractivity contribution in [1.82, 2.24) is 0 Å². The Morgan fingerprint density at radius 1 is 1.26 bits per heavy atom. The highest BCUT2D eigenvalue weighted by atomic mass is 17.1. The molecule has 1 aromatic carbocycles. The zero-order chi connectivity index (χ0) is 14.7. The standard InChI is InChI=1S/C9H10.C7H14O3/c1-2-6-9-7-4-3-5-8-9;1-7(2,3)5-4-6(8)10-9/h2-8H,1H3;9H,4-5H2,1-3H3. The van der Waals surface area contributed by atoms with Crippen LogP contribution in [0.25, 0.3) is 6.08 Å². The summed E-state index contributed by atoms with van der Waals surface area (Å²) in [5.41, 5.74) is 1.38. The number of rotatable bonds is 3. The predicted octanol–water partition coefficient (Wildman–Crippen LogP) is 4.55. The first-order valence-corrected chi connectivity index (χ1v) is 6.41. The second kappa shape index (κ2) is 9.34. The summed E-state index contributed by atoms with van der Waals surface area (Å²) >= 11 is 0. The lowest BCUT2D eigenvalue weighted by Crippen LogP contribution is -2.09. The Morgan fingerprint density at radius 2 is 1.84 bits per heavy atom. The molecule has 3 nitrogen and oxygen atoms in total. The van der Waals surface area contributed by atoms with Crippen molar-refractivity contribution in [3.63, 3.8) is 0 Å². The number of hydrogen-bond donors (Lipinski definition) is 1. The third-order valence-corrected chi connectivity index (χ3v) is 2.34. The van der Waals surface area contributed by atoms with Crippen LogP contribution in [-0.4, -0.2) is 11.2 Å². The van der Waals surface area contributed by atoms with Gasteiger partial charge in [-0.25, -0.2) is 4.79 Å². The summed E-state index contributed by atoms with van der Waals surface area (Å²) in [6, 6.07) is 10.3. The van der Waals surface area contributed by atoms with E-state index in [0.29, 0.717) is 0 Å². The van der Waals surface area contributed by atoms with Gasteiger partial charge in [0.15, 0.2) is 0 Å². The molecule has 0 spiro atoms. The first kappa shape index (κ1) is 17.4. The molecule has 0 atom stereocenters. The maximum atomic E-state index is 10.4. The number of benzene rings is 1. The van der Waals surface area contributed by atoms with Gasteiger partial charge in [0.1, 0.15) is 0 Å². The van der Waals surface area contributed by atoms with E-state index >= 15 is 0 Å². The van der Waals surface area contributed by atoms with E-state index in [1.54, 1.807) is 0 Å². The first-order valence-electron chi connectivity index (χ1n) is 6.41. The minimum atomic E-state index is -0.560. The van der Waals surface area contributed by atoms with E-state index in [-0.39, 0.29) is 11.8 Å². The van der Waals surface area contributed by atoms with Crippen LogP contribution in [0.4, 0.5) is 0 Å². The van der Waals surface area contributed by atoms with Gasteiger partial charge in [-0.15, -0.1) is 0 Å². The fourth-order valence-corrected chi connectivity index (χ4v) is 1.28. The van der Waals surface area contributed by atoms with Gasteiger partial charge in [-0.3, -0.25) is 0 Å². The summed E-state index contributed by atoms with van der Waals surface area (Å²) in [6.07, 6.45) is 5.13. The fraction of sp³-hybridized carbons (Fsp3) is 0.438. The lowest BCUT2D eigenvalue weighted by molar-refractivity contribution is -0.234. The zero-order valence-electron chi connectivity index (χ0n) is 12.2. The SMILES string of the molecule is CC(C)(C)CCC(=O)OO.CC=Cc1ccccc1. The molecule has 0 aliphatic heterocycles. The van der Waals surface area contributed by atoms with E-state index in [0.717, 1.165) is 6.42 Å². The monoisotopic (exact) mass is 264 g/mol. The van der Waals surface area contributed by atoms with Crippen LogP contribution in [0.1, 0.15) is 46.1 Å². The van der Waals surface area contributed by atoms with Gasteiger partial charge in [0.05, 0.1) is 0 Å². The Morgan fingerprint density at radius 3 is 2.26 bits per heavy atom. The Kier molecular flexibility index (Phi) is 8.55. The minimum absolute atomic E-state index is 0.119. The molecule has 0 aliphatic rings. The topological polar surface area (TPSA) is 46.5 Å². The first-order chi connectivity index (χ1) is 8.89. The molecule has 0 unspecified atom stereocenters. The molecule has 0 radical (unpaired) electrons. The van der Waals surface area contributed by atoms with Gasteiger partial charge in [0, 0.05) is 6.42 Å². The average molecular weight is 264 g/mol. The molecule has 0 heterocycles. The maximum absolute atomic E-state index is 10.4. The number of hydrogen-bond acceptors (Lipinski definition) is 3. The van der Waals surface area contributed by atoms with Gasteiger partial charge in [-0.05, 0) is 24.3 Å². The third-order valence-electron chi connectivity index (χ3n) is 2.34. The Labute approximate surface area is 115 Å². The molecule has 0 fully saturated rings. The summed E-state index contributed by atoms with van der Waals surface area (Å²) < 4.78 is 0. The summed E-state index contributed by atoms with van der Waals surface area (Å²) in [7, 11) is 0. The van der Waals surface area contributed by atoms with Crippen molar-refractivity contribution < 1.29 is 14.9 Å². The van der Waals surface area contributed by atoms with Gasteiger partial charge in [0.25, 0.3) is 0 Å². The van der Waals surface area contributed by atoms with Crippen LogP contribution < -0.4 is 0 Å². The van der Waals surface area contributed by atoms with E-state index in [1.807, 2.05) is 52.0 Å². The lowest BCUT2D eigenvalue weighted by Gasteiger charge is -2.15. The van der Waals surface area contributed by atoms with Crippen LogP contribution in [0, 0.1) is 5.41 Å². The predicted molar refractivity (Wildman–Crippen MR) is 78.6 cm³/mol. The highest BCUT2D eigenvalue weighted by Gasteiger charge is 2.13. The Balaban J connectivity index is 0.000000342. The van der Waals surface area contributed by atoms with E-state index in [4.69, 9.17) is 5.26 Å². The van der Waals surface area contributed by atoms with Gasteiger partial charge in [-0.2, -0.15) is 5.26 Å². The molecular weight excluding hydrogens is 240 g/mol. The van der Waals surface area contributed by atoms with Crippen molar-refractivity contribution in [1.29, 1.82) is 0 Å². The molecular formula is C16H24O3. The van der Waals surface area contributed by atoms with Crippen LogP contribution >= 0.6 is 0 Å². The van der Waals surface area contributed by atoms with Crippen molar-refractivity contribution in [3.8, 4) is 0 Å². The third kappa shape index (κ3) is 11.2. The summed E-state index contributed by atoms with van der Waals surface area (Å²) in [5, 5.41) is 7.88. The highest BCUT2D eigenvalue weighted by Crippen LogP contribution is 2.20. The van der Waals surface area contributed by atoms with E-state index < -0.39 is 5.97 Å². The fourth-order valence-electron chi connectivity index (χ4n) is 1.28. The average Bonchev–Trinajstić information content (AvgIpc) is 2.37. The lowest BCUT2D eigenvalue weighted by atomic mass is 9.91. The van der Waals surface area contributed by atoms with Gasteiger partial charge in [-0.1, -0.05) is 63.3 Å². The number of allylic oxidation sites excluding steroid dienone is 1. The molecule has 19 heavy (non-hydrogen) atoms. The van der Waals surface area contributed by atoms with Crippen molar-refractivity contribution >= 4 is 12.0 Å². The van der Waals surface area contributed by atoms with Crippen molar-refractivity contribution in [2.45, 2.75) is 40.5 Å². The molecule has 0 aromatic heterocycles. The molecule has 0 amide bonds. The Hall–Kier alpha value is -1.61. The van der Waals surface area contributed by atoms with E-state index in [9.17, 15) is 4.79 Å². The second-order valence-corrected chi connectivity index (χ2v) is 5.43. The largest absolute Gasteiger partial charge is 0.342 e. The van der Waals surface area contributed by atoms with E-state index in [1.165, 1.54) is 5.56 Å². The van der Waals surface area contributed by atoms with Gasteiger partial charge < -0.3 is 4.89 Å². The number of carbonyl (C=O) groups excluding carboxylic acids is 1. The maximum Gasteiger partial charge on any atom is 0.342 e. The Bertz CT molecular complexity index is 375. The molecule has 3 heteroatoms. The smallest absolute Gasteiger partial charge is 0.301 e. The van der Waals surface area contributed by atoms with E-state index in [2.05, 4.69) is 23.1 Å². The van der Waals surface area contributed by atoms with Crippen LogP contribution in [0.3, 0.4) is 0 Å². The molecule has 1 rings (SSSR count). The summed E-state index contributed by atoms with van der Waals surface area (Å²) in [5.74, 6) is -0.560. The molecule has 1 aromatic rings. The van der Waals surface area contributed by atoms with Crippen LogP contribution in [0.5, 0.6) is 0 Å². The van der Waals surface area contributed by atoms with Gasteiger partial charge >= 0.3 is 5.97 Å². The second-order valence-electron chi connectivity index (χ2n) is 5.43. The number of carbonyl (C=O) groups is 1. The van der Waals surface area contributed by atoms with Crippen LogP contribution in [0.2, 0.25) is 0 Å². The van der Waals surface area contributed by atoms with Crippen molar-refractivity contribution in [2.24, 2.45) is 5.41 Å². The van der Waals surface area contributed by atoms with Crippen LogP contribution in [0.15, 0.2) is 36.4 Å². The van der Waals surface area contributed by atoms with Crippen LogP contribution in [-0.2, 0) is 9.68 Å². The molecule has 106 valence electrons. The molecule has 0 aliphatic carbocycles.